The van der Waals surface area contributed by atoms with Crippen molar-refractivity contribution in [2.45, 2.75) is 19.4 Å². The molecule has 2 unspecified atom stereocenters. The molecule has 29 heavy (non-hydrogen) atoms. The first-order chi connectivity index (χ1) is 13.5. The van der Waals surface area contributed by atoms with Crippen LogP contribution in [-0.4, -0.2) is 82.3 Å². The molecule has 1 N–H and O–H groups in total. The molecular weight excluding hydrogens is 483 g/mol. The van der Waals surface area contributed by atoms with Gasteiger partial charge in [-0.1, -0.05) is 30.3 Å². The van der Waals surface area contributed by atoms with E-state index in [0.717, 1.165) is 32.1 Å². The molecule has 1 aromatic carbocycles. The van der Waals surface area contributed by atoms with Crippen LogP contribution in [0.3, 0.4) is 0 Å². The van der Waals surface area contributed by atoms with E-state index in [1.54, 1.807) is 26.1 Å². The Labute approximate surface area is 191 Å². The number of rotatable bonds is 9. The van der Waals surface area contributed by atoms with Crippen LogP contribution >= 0.6 is 24.0 Å². The first kappa shape index (κ1) is 25.6. The number of nitrogens with one attached hydrogen (secondary N) is 1. The third-order valence-corrected chi connectivity index (χ3v) is 4.88. The maximum absolute atomic E-state index is 12.0. The second-order valence-electron chi connectivity index (χ2n) is 7.37. The lowest BCUT2D eigenvalue weighted by molar-refractivity contribution is -0.127. The Morgan fingerprint density at radius 1 is 1.31 bits per heavy atom. The van der Waals surface area contributed by atoms with Crippen molar-refractivity contribution in [1.29, 1.82) is 0 Å². The molecule has 0 spiro atoms. The highest BCUT2D eigenvalue weighted by Gasteiger charge is 2.26. The number of likely N-dealkylation sites (N-methyl/N-ethyl adjacent to an activating group) is 1. The van der Waals surface area contributed by atoms with Crippen LogP contribution in [0.15, 0.2) is 35.3 Å². The van der Waals surface area contributed by atoms with Gasteiger partial charge in [0.15, 0.2) is 5.96 Å². The number of benzene rings is 1. The monoisotopic (exact) mass is 518 g/mol. The van der Waals surface area contributed by atoms with Crippen LogP contribution in [0.1, 0.15) is 24.9 Å². The molecule has 1 aromatic rings. The number of amides is 1. The van der Waals surface area contributed by atoms with E-state index in [0.29, 0.717) is 19.1 Å². The molecule has 2 atom stereocenters. The van der Waals surface area contributed by atoms with Gasteiger partial charge < -0.3 is 24.6 Å². The topological polar surface area (TPSA) is 66.4 Å². The molecule has 8 heteroatoms. The summed E-state index contributed by atoms with van der Waals surface area (Å²) in [7, 11) is 5.18. The second-order valence-corrected chi connectivity index (χ2v) is 7.37. The molecule has 0 saturated carbocycles. The van der Waals surface area contributed by atoms with E-state index in [9.17, 15) is 4.79 Å². The van der Waals surface area contributed by atoms with E-state index in [1.165, 1.54) is 5.56 Å². The standard InChI is InChI=1S/C21H34N4O3.HI/c1-17(19-8-6-5-7-9-19)23-21(22-14-20(26)24(2)3)25-11-10-18(15-25)16-28-13-12-27-4;/h5-9,17-18H,10-16H2,1-4H3,(H,22,23);1H. The third-order valence-electron chi connectivity index (χ3n) is 4.88. The molecule has 0 aromatic heterocycles. The molecule has 7 nitrogen and oxygen atoms in total. The number of carbonyl (C=O) groups is 1. The molecule has 0 bridgehead atoms. The van der Waals surface area contributed by atoms with E-state index in [4.69, 9.17) is 9.47 Å². The minimum Gasteiger partial charge on any atom is -0.382 e. The third kappa shape index (κ3) is 8.88. The maximum atomic E-state index is 12.0. The molecule has 0 aliphatic carbocycles. The molecule has 1 heterocycles. The Hall–Kier alpha value is -1.39. The highest BCUT2D eigenvalue weighted by molar-refractivity contribution is 14.0. The largest absolute Gasteiger partial charge is 0.382 e. The fourth-order valence-electron chi connectivity index (χ4n) is 3.09. The summed E-state index contributed by atoms with van der Waals surface area (Å²) in [5.74, 6) is 1.23. The van der Waals surface area contributed by atoms with Crippen molar-refractivity contribution in [1.82, 2.24) is 15.1 Å². The van der Waals surface area contributed by atoms with Gasteiger partial charge in [0.2, 0.25) is 5.91 Å². The van der Waals surface area contributed by atoms with E-state index in [-0.39, 0.29) is 42.5 Å². The fourth-order valence-corrected chi connectivity index (χ4v) is 3.09. The van der Waals surface area contributed by atoms with Crippen LogP contribution in [0.4, 0.5) is 0 Å². The minimum atomic E-state index is -0.00897. The number of methoxy groups -OCH3 is 1. The molecule has 0 radical (unpaired) electrons. The average Bonchev–Trinajstić information content (AvgIpc) is 3.17. The lowest BCUT2D eigenvalue weighted by Gasteiger charge is -2.26. The van der Waals surface area contributed by atoms with Crippen molar-refractivity contribution >= 4 is 35.8 Å². The van der Waals surface area contributed by atoms with Crippen LogP contribution in [0.2, 0.25) is 0 Å². The molecule has 1 saturated heterocycles. The van der Waals surface area contributed by atoms with E-state index >= 15 is 0 Å². The number of nitrogens with zero attached hydrogens (tertiary/aromatic N) is 3. The number of carbonyl (C=O) groups excluding carboxylic acids is 1. The van der Waals surface area contributed by atoms with Crippen LogP contribution in [0, 0.1) is 5.92 Å². The van der Waals surface area contributed by atoms with Crippen molar-refractivity contribution in [2.24, 2.45) is 10.9 Å². The highest BCUT2D eigenvalue weighted by Crippen LogP contribution is 2.18. The van der Waals surface area contributed by atoms with Crippen LogP contribution in [-0.2, 0) is 14.3 Å². The maximum Gasteiger partial charge on any atom is 0.243 e. The van der Waals surface area contributed by atoms with Crippen molar-refractivity contribution in [2.75, 3.05) is 60.7 Å². The average molecular weight is 518 g/mol. The smallest absolute Gasteiger partial charge is 0.243 e. The molecule has 1 amide bonds. The summed E-state index contributed by atoms with van der Waals surface area (Å²) >= 11 is 0. The molecule has 164 valence electrons. The minimum absolute atomic E-state index is 0. The quantitative estimate of drug-likeness (QED) is 0.236. The Bertz CT molecular complexity index is 628. The van der Waals surface area contributed by atoms with E-state index in [1.807, 2.05) is 18.2 Å². The normalized spacial score (nSPS) is 17.6. The number of aliphatic imine (C=N–C) groups is 1. The Kier molecular flexibility index (Phi) is 12.2. The van der Waals surface area contributed by atoms with Crippen molar-refractivity contribution in [3.05, 3.63) is 35.9 Å². The van der Waals surface area contributed by atoms with Crippen LogP contribution in [0.25, 0.3) is 0 Å². The van der Waals surface area contributed by atoms with Gasteiger partial charge in [-0.15, -0.1) is 24.0 Å². The van der Waals surface area contributed by atoms with Gasteiger partial charge in [-0.05, 0) is 18.9 Å². The van der Waals surface area contributed by atoms with Gasteiger partial charge in [0, 0.05) is 40.2 Å². The van der Waals surface area contributed by atoms with Crippen LogP contribution in [0.5, 0.6) is 0 Å². The molecule has 2 rings (SSSR count). The summed E-state index contributed by atoms with van der Waals surface area (Å²) in [4.78, 5) is 20.4. The first-order valence-electron chi connectivity index (χ1n) is 9.89. The first-order valence-corrected chi connectivity index (χ1v) is 9.89. The zero-order chi connectivity index (χ0) is 20.4. The van der Waals surface area contributed by atoms with Crippen molar-refractivity contribution < 1.29 is 14.3 Å². The summed E-state index contributed by atoms with van der Waals surface area (Å²) in [6.07, 6.45) is 1.05. The van der Waals surface area contributed by atoms with E-state index in [2.05, 4.69) is 34.3 Å². The van der Waals surface area contributed by atoms with Gasteiger partial charge in [-0.3, -0.25) is 4.79 Å². The van der Waals surface area contributed by atoms with E-state index < -0.39 is 0 Å². The molecule has 1 aliphatic heterocycles. The predicted molar refractivity (Wildman–Crippen MR) is 127 cm³/mol. The summed E-state index contributed by atoms with van der Waals surface area (Å²) in [5, 5.41) is 3.51. The van der Waals surface area contributed by atoms with Gasteiger partial charge >= 0.3 is 0 Å². The van der Waals surface area contributed by atoms with Gasteiger partial charge in [0.25, 0.3) is 0 Å². The predicted octanol–water partition coefficient (Wildman–Crippen LogP) is 2.38. The number of hydrogen-bond acceptors (Lipinski definition) is 4. The molecule has 1 aliphatic rings. The Morgan fingerprint density at radius 2 is 2.03 bits per heavy atom. The summed E-state index contributed by atoms with van der Waals surface area (Å²) < 4.78 is 10.7. The lowest BCUT2D eigenvalue weighted by Crippen LogP contribution is -2.42. The number of halogens is 1. The second kappa shape index (κ2) is 13.8. The summed E-state index contributed by atoms with van der Waals surface area (Å²) in [6, 6.07) is 10.4. The Morgan fingerprint density at radius 3 is 2.69 bits per heavy atom. The van der Waals surface area contributed by atoms with Gasteiger partial charge in [-0.25, -0.2) is 4.99 Å². The number of guanidine groups is 1. The van der Waals surface area contributed by atoms with Gasteiger partial charge in [-0.2, -0.15) is 0 Å². The zero-order valence-corrected chi connectivity index (χ0v) is 20.3. The number of likely N-dealkylation sites (tertiary alicyclic amines) is 1. The number of hydrogen-bond donors (Lipinski definition) is 1. The fraction of sp³-hybridized carbons (Fsp3) is 0.619. The SMILES string of the molecule is COCCOCC1CCN(C(=NCC(=O)N(C)C)NC(C)c2ccccc2)C1.I. The Balaban J connectivity index is 0.00000420. The zero-order valence-electron chi connectivity index (χ0n) is 18.0. The summed E-state index contributed by atoms with van der Waals surface area (Å²) in [6.45, 7) is 5.99. The molecular formula is C21H35IN4O3. The van der Waals surface area contributed by atoms with Crippen molar-refractivity contribution in [3.8, 4) is 0 Å². The lowest BCUT2D eigenvalue weighted by atomic mass is 10.1. The molecule has 1 fully saturated rings. The van der Waals surface area contributed by atoms with Gasteiger partial charge in [0.05, 0.1) is 25.9 Å². The van der Waals surface area contributed by atoms with Crippen LogP contribution < -0.4 is 5.32 Å². The number of ether oxygens (including phenoxy) is 2. The highest BCUT2D eigenvalue weighted by atomic mass is 127. The van der Waals surface area contributed by atoms with Crippen molar-refractivity contribution in [3.63, 3.8) is 0 Å². The summed E-state index contributed by atoms with van der Waals surface area (Å²) in [5.41, 5.74) is 1.19. The van der Waals surface area contributed by atoms with Gasteiger partial charge in [0.1, 0.15) is 6.54 Å².